The number of ether oxygens (including phenoxy) is 1. The lowest BCUT2D eigenvalue weighted by Gasteiger charge is -2.02. The minimum absolute atomic E-state index is 0.0352. The summed E-state index contributed by atoms with van der Waals surface area (Å²) in [6.07, 6.45) is 3.02. The highest BCUT2D eigenvalue weighted by Crippen LogP contribution is 2.17. The minimum Gasteiger partial charge on any atom is -0.497 e. The molecule has 0 aliphatic heterocycles. The van der Waals surface area contributed by atoms with Gasteiger partial charge in [-0.05, 0) is 23.8 Å². The maximum atomic E-state index is 13.7. The second-order valence-corrected chi connectivity index (χ2v) is 3.95. The Bertz CT molecular complexity index is 603. The van der Waals surface area contributed by atoms with Crippen molar-refractivity contribution >= 4 is 11.9 Å². The van der Waals surface area contributed by atoms with E-state index in [9.17, 15) is 9.18 Å². The maximum absolute atomic E-state index is 13.7. The molecule has 2 nitrogen and oxygen atoms in total. The Morgan fingerprint density at radius 1 is 1.16 bits per heavy atom. The van der Waals surface area contributed by atoms with Gasteiger partial charge in [-0.3, -0.25) is 4.79 Å². The number of rotatable bonds is 4. The molecular formula is C16H13FO2. The Balaban J connectivity index is 2.19. The summed E-state index contributed by atoms with van der Waals surface area (Å²) >= 11 is 0. The van der Waals surface area contributed by atoms with Crippen molar-refractivity contribution in [1.82, 2.24) is 0 Å². The zero-order valence-electron chi connectivity index (χ0n) is 10.5. The zero-order chi connectivity index (χ0) is 13.7. The van der Waals surface area contributed by atoms with Crippen LogP contribution in [0.25, 0.3) is 6.08 Å². The van der Waals surface area contributed by atoms with Gasteiger partial charge in [0.15, 0.2) is 5.78 Å². The molecule has 0 heterocycles. The van der Waals surface area contributed by atoms with Crippen LogP contribution in [-0.2, 0) is 0 Å². The summed E-state index contributed by atoms with van der Waals surface area (Å²) in [7, 11) is 1.45. The van der Waals surface area contributed by atoms with Crippen molar-refractivity contribution < 1.29 is 13.9 Å². The van der Waals surface area contributed by atoms with Crippen LogP contribution < -0.4 is 4.74 Å². The molecule has 3 heteroatoms. The van der Waals surface area contributed by atoms with Gasteiger partial charge in [-0.25, -0.2) is 4.39 Å². The number of carbonyl (C=O) groups is 1. The fourth-order valence-electron chi connectivity index (χ4n) is 1.65. The third kappa shape index (κ3) is 3.28. The lowest BCUT2D eigenvalue weighted by Crippen LogP contribution is -1.99. The van der Waals surface area contributed by atoms with E-state index >= 15 is 0 Å². The molecule has 0 unspecified atom stereocenters. The van der Waals surface area contributed by atoms with Crippen molar-refractivity contribution in [2.24, 2.45) is 0 Å². The fraction of sp³-hybridized carbons (Fsp3) is 0.0625. The highest BCUT2D eigenvalue weighted by molar-refractivity contribution is 6.07. The molecule has 0 N–H and O–H groups in total. The summed E-state index contributed by atoms with van der Waals surface area (Å²) in [4.78, 5) is 11.9. The smallest absolute Gasteiger partial charge is 0.188 e. The van der Waals surface area contributed by atoms with Crippen LogP contribution >= 0.6 is 0 Å². The normalized spacial score (nSPS) is 10.6. The van der Waals surface area contributed by atoms with Crippen molar-refractivity contribution in [3.05, 3.63) is 71.6 Å². The summed E-state index contributed by atoms with van der Waals surface area (Å²) in [6.45, 7) is 0. The summed E-state index contributed by atoms with van der Waals surface area (Å²) in [5.41, 5.74) is 0.928. The van der Waals surface area contributed by atoms with Crippen LogP contribution in [0.5, 0.6) is 5.75 Å². The molecule has 0 atom stereocenters. The minimum atomic E-state index is -0.581. The Morgan fingerprint density at radius 2 is 1.89 bits per heavy atom. The molecule has 2 aromatic rings. The summed E-state index contributed by atoms with van der Waals surface area (Å²) < 4.78 is 18.6. The molecule has 19 heavy (non-hydrogen) atoms. The highest BCUT2D eigenvalue weighted by atomic mass is 19.1. The van der Waals surface area contributed by atoms with Gasteiger partial charge in [-0.1, -0.05) is 36.4 Å². The topological polar surface area (TPSA) is 26.3 Å². The van der Waals surface area contributed by atoms with Crippen LogP contribution in [0.3, 0.4) is 0 Å². The van der Waals surface area contributed by atoms with E-state index in [1.807, 2.05) is 30.3 Å². The van der Waals surface area contributed by atoms with Crippen LogP contribution in [0.1, 0.15) is 15.9 Å². The number of allylic oxidation sites excluding steroid dienone is 1. The summed E-state index contributed by atoms with van der Waals surface area (Å²) in [5, 5.41) is 0. The second-order valence-electron chi connectivity index (χ2n) is 3.95. The van der Waals surface area contributed by atoms with Gasteiger partial charge in [0, 0.05) is 6.07 Å². The van der Waals surface area contributed by atoms with Gasteiger partial charge >= 0.3 is 0 Å². The second kappa shape index (κ2) is 5.96. The van der Waals surface area contributed by atoms with Crippen LogP contribution in [0, 0.1) is 5.82 Å². The zero-order valence-corrected chi connectivity index (χ0v) is 10.5. The lowest BCUT2D eigenvalue weighted by molar-refractivity contribution is 0.104. The summed E-state index contributed by atoms with van der Waals surface area (Å²) in [5.74, 6) is -0.563. The molecule has 2 rings (SSSR count). The third-order valence-electron chi connectivity index (χ3n) is 2.67. The first kappa shape index (κ1) is 13.0. The molecular weight excluding hydrogens is 243 g/mol. The number of hydrogen-bond acceptors (Lipinski definition) is 2. The first-order chi connectivity index (χ1) is 9.20. The molecule has 0 aliphatic carbocycles. The Kier molecular flexibility index (Phi) is 4.08. The van der Waals surface area contributed by atoms with Crippen molar-refractivity contribution in [2.75, 3.05) is 7.11 Å². The predicted octanol–water partition coefficient (Wildman–Crippen LogP) is 3.73. The van der Waals surface area contributed by atoms with Gasteiger partial charge < -0.3 is 4.74 Å². The van der Waals surface area contributed by atoms with E-state index in [-0.39, 0.29) is 11.3 Å². The van der Waals surface area contributed by atoms with Crippen LogP contribution in [0.15, 0.2) is 54.6 Å². The molecule has 96 valence electrons. The third-order valence-corrected chi connectivity index (χ3v) is 2.67. The van der Waals surface area contributed by atoms with Crippen LogP contribution in [-0.4, -0.2) is 12.9 Å². The Hall–Kier alpha value is -2.42. The molecule has 0 aliphatic rings. The lowest BCUT2D eigenvalue weighted by atomic mass is 10.1. The molecule has 0 spiro atoms. The molecule has 0 amide bonds. The van der Waals surface area contributed by atoms with Gasteiger partial charge in [0.25, 0.3) is 0 Å². The van der Waals surface area contributed by atoms with E-state index < -0.39 is 5.82 Å². The largest absolute Gasteiger partial charge is 0.497 e. The maximum Gasteiger partial charge on any atom is 0.188 e. The SMILES string of the molecule is COc1ccc(C(=O)C=Cc2ccccc2)c(F)c1. The molecule has 0 fully saturated rings. The van der Waals surface area contributed by atoms with Gasteiger partial charge in [-0.15, -0.1) is 0 Å². The van der Waals surface area contributed by atoms with Gasteiger partial charge in [0.2, 0.25) is 0 Å². The molecule has 0 saturated carbocycles. The fourth-order valence-corrected chi connectivity index (χ4v) is 1.65. The standard InChI is InChI=1S/C16H13FO2/c1-19-13-8-9-14(15(17)11-13)16(18)10-7-12-5-3-2-4-6-12/h2-11H,1H3. The summed E-state index contributed by atoms with van der Waals surface area (Å²) in [6, 6.07) is 13.6. The van der Waals surface area contributed by atoms with Crippen molar-refractivity contribution in [3.63, 3.8) is 0 Å². The quantitative estimate of drug-likeness (QED) is 0.615. The van der Waals surface area contributed by atoms with E-state index in [1.165, 1.54) is 25.3 Å². The number of methoxy groups -OCH3 is 1. The van der Waals surface area contributed by atoms with Gasteiger partial charge in [-0.2, -0.15) is 0 Å². The van der Waals surface area contributed by atoms with Crippen molar-refractivity contribution in [3.8, 4) is 5.75 Å². The van der Waals surface area contributed by atoms with E-state index in [1.54, 1.807) is 12.1 Å². The van der Waals surface area contributed by atoms with Gasteiger partial charge in [0.1, 0.15) is 11.6 Å². The number of hydrogen-bond donors (Lipinski definition) is 0. The van der Waals surface area contributed by atoms with E-state index in [2.05, 4.69) is 0 Å². The monoisotopic (exact) mass is 256 g/mol. The van der Waals surface area contributed by atoms with Crippen molar-refractivity contribution in [1.29, 1.82) is 0 Å². The van der Waals surface area contributed by atoms with Crippen LogP contribution in [0.2, 0.25) is 0 Å². The van der Waals surface area contributed by atoms with E-state index in [0.29, 0.717) is 5.75 Å². The van der Waals surface area contributed by atoms with Crippen LogP contribution in [0.4, 0.5) is 4.39 Å². The number of halogens is 1. The molecule has 0 radical (unpaired) electrons. The Morgan fingerprint density at radius 3 is 2.53 bits per heavy atom. The van der Waals surface area contributed by atoms with Crippen molar-refractivity contribution in [2.45, 2.75) is 0 Å². The van der Waals surface area contributed by atoms with E-state index in [4.69, 9.17) is 4.74 Å². The molecule has 0 bridgehead atoms. The molecule has 0 aromatic heterocycles. The predicted molar refractivity (Wildman–Crippen MR) is 72.8 cm³/mol. The first-order valence-electron chi connectivity index (χ1n) is 5.81. The van der Waals surface area contributed by atoms with Gasteiger partial charge in [0.05, 0.1) is 12.7 Å². The average Bonchev–Trinajstić information content (AvgIpc) is 2.45. The Labute approximate surface area is 111 Å². The average molecular weight is 256 g/mol. The molecule has 2 aromatic carbocycles. The number of ketones is 1. The first-order valence-corrected chi connectivity index (χ1v) is 5.81. The molecule has 0 saturated heterocycles. The van der Waals surface area contributed by atoms with E-state index in [0.717, 1.165) is 5.56 Å². The highest BCUT2D eigenvalue weighted by Gasteiger charge is 2.09. The number of benzene rings is 2. The number of carbonyl (C=O) groups excluding carboxylic acids is 1.